The lowest BCUT2D eigenvalue weighted by Crippen LogP contribution is -2.29. The zero-order valence-corrected chi connectivity index (χ0v) is 11.1. The van der Waals surface area contributed by atoms with Crippen molar-refractivity contribution in [2.24, 2.45) is 5.92 Å². The van der Waals surface area contributed by atoms with Crippen LogP contribution in [0.1, 0.15) is 21.7 Å². The van der Waals surface area contributed by atoms with E-state index in [1.54, 1.807) is 11.4 Å². The third kappa shape index (κ3) is 3.90. The molecule has 0 saturated carbocycles. The van der Waals surface area contributed by atoms with Gasteiger partial charge in [0.05, 0.1) is 11.5 Å². The van der Waals surface area contributed by atoms with E-state index in [0.717, 1.165) is 19.1 Å². The Morgan fingerprint density at radius 2 is 2.42 bits per heavy atom. The predicted octanol–water partition coefficient (Wildman–Crippen LogP) is 1.61. The van der Waals surface area contributed by atoms with E-state index in [1.807, 2.05) is 0 Å². The molecule has 1 aliphatic rings. The van der Waals surface area contributed by atoms with Crippen molar-refractivity contribution in [2.45, 2.75) is 6.42 Å². The van der Waals surface area contributed by atoms with E-state index < -0.39 is 5.97 Å². The number of rotatable bonds is 5. The van der Waals surface area contributed by atoms with Gasteiger partial charge in [0.25, 0.3) is 5.91 Å². The number of carboxylic acid groups (broad SMARTS) is 1. The maximum atomic E-state index is 12.0. The number of carboxylic acids is 1. The summed E-state index contributed by atoms with van der Waals surface area (Å²) in [6, 6.07) is 1.73. The van der Waals surface area contributed by atoms with Crippen LogP contribution >= 0.6 is 11.3 Å². The van der Waals surface area contributed by atoms with Gasteiger partial charge in [0.2, 0.25) is 0 Å². The Labute approximate surface area is 114 Å². The number of carbonyl (C=O) groups is 2. The SMILES string of the molecule is O=C(O)/C=C/c1ccsc1C(=O)NCC1CCOC1. The summed E-state index contributed by atoms with van der Waals surface area (Å²) < 4.78 is 5.24. The average molecular weight is 281 g/mol. The Morgan fingerprint density at radius 3 is 3.11 bits per heavy atom. The first-order chi connectivity index (χ1) is 9.16. The third-order valence-electron chi connectivity index (χ3n) is 2.88. The lowest BCUT2D eigenvalue weighted by atomic mass is 10.1. The first kappa shape index (κ1) is 13.8. The van der Waals surface area contributed by atoms with E-state index in [1.165, 1.54) is 17.4 Å². The zero-order valence-electron chi connectivity index (χ0n) is 10.3. The smallest absolute Gasteiger partial charge is 0.328 e. The van der Waals surface area contributed by atoms with E-state index in [-0.39, 0.29) is 5.91 Å². The Hall–Kier alpha value is -1.66. The van der Waals surface area contributed by atoms with Gasteiger partial charge in [-0.15, -0.1) is 11.3 Å². The lowest BCUT2D eigenvalue weighted by molar-refractivity contribution is -0.131. The van der Waals surface area contributed by atoms with Crippen molar-refractivity contribution in [2.75, 3.05) is 19.8 Å². The van der Waals surface area contributed by atoms with E-state index in [9.17, 15) is 9.59 Å². The van der Waals surface area contributed by atoms with Gasteiger partial charge in [0.15, 0.2) is 0 Å². The van der Waals surface area contributed by atoms with E-state index in [2.05, 4.69) is 5.32 Å². The zero-order chi connectivity index (χ0) is 13.7. The Balaban J connectivity index is 1.94. The van der Waals surface area contributed by atoms with E-state index >= 15 is 0 Å². The van der Waals surface area contributed by atoms with Crippen LogP contribution in [0.15, 0.2) is 17.5 Å². The van der Waals surface area contributed by atoms with Gasteiger partial charge in [-0.25, -0.2) is 4.79 Å². The molecule has 1 aliphatic heterocycles. The minimum absolute atomic E-state index is 0.160. The second kappa shape index (κ2) is 6.49. The monoisotopic (exact) mass is 281 g/mol. The van der Waals surface area contributed by atoms with Crippen molar-refractivity contribution in [1.82, 2.24) is 5.32 Å². The second-order valence-electron chi connectivity index (χ2n) is 4.32. The number of ether oxygens (including phenoxy) is 1. The van der Waals surface area contributed by atoms with Crippen LogP contribution in [0.3, 0.4) is 0 Å². The minimum atomic E-state index is -1.03. The molecule has 1 fully saturated rings. The highest BCUT2D eigenvalue weighted by molar-refractivity contribution is 7.12. The second-order valence-corrected chi connectivity index (χ2v) is 5.23. The maximum Gasteiger partial charge on any atom is 0.328 e. The number of carbonyl (C=O) groups excluding carboxylic acids is 1. The van der Waals surface area contributed by atoms with Crippen molar-refractivity contribution < 1.29 is 19.4 Å². The maximum absolute atomic E-state index is 12.0. The molecular formula is C13H15NO4S. The number of aliphatic carboxylic acids is 1. The molecule has 0 spiro atoms. The molecule has 19 heavy (non-hydrogen) atoms. The Bertz CT molecular complexity index is 489. The molecule has 6 heteroatoms. The summed E-state index contributed by atoms with van der Waals surface area (Å²) in [5.41, 5.74) is 0.632. The minimum Gasteiger partial charge on any atom is -0.478 e. The highest BCUT2D eigenvalue weighted by Crippen LogP contribution is 2.19. The van der Waals surface area contributed by atoms with Crippen molar-refractivity contribution >= 4 is 29.3 Å². The summed E-state index contributed by atoms with van der Waals surface area (Å²) in [5.74, 6) is -0.811. The quantitative estimate of drug-likeness (QED) is 0.804. The summed E-state index contributed by atoms with van der Waals surface area (Å²) in [6.07, 6.45) is 3.44. The molecule has 1 aromatic rings. The highest BCUT2D eigenvalue weighted by atomic mass is 32.1. The molecule has 1 aromatic heterocycles. The summed E-state index contributed by atoms with van der Waals surface area (Å²) in [7, 11) is 0. The van der Waals surface area contributed by atoms with Crippen LogP contribution in [0.2, 0.25) is 0 Å². The van der Waals surface area contributed by atoms with Gasteiger partial charge in [-0.05, 0) is 29.5 Å². The molecule has 0 aromatic carbocycles. The van der Waals surface area contributed by atoms with Gasteiger partial charge in [0.1, 0.15) is 0 Å². The number of thiophene rings is 1. The molecule has 0 radical (unpaired) electrons. The molecule has 0 aliphatic carbocycles. The molecule has 5 nitrogen and oxygen atoms in total. The van der Waals surface area contributed by atoms with Crippen LogP contribution < -0.4 is 5.32 Å². The number of hydrogen-bond donors (Lipinski definition) is 2. The summed E-state index contributed by atoms with van der Waals surface area (Å²) in [5, 5.41) is 13.2. The van der Waals surface area contributed by atoms with Crippen LogP contribution in [-0.2, 0) is 9.53 Å². The normalized spacial score (nSPS) is 18.8. The Kier molecular flexibility index (Phi) is 4.70. The van der Waals surface area contributed by atoms with Gasteiger partial charge < -0.3 is 15.2 Å². The Morgan fingerprint density at radius 1 is 1.58 bits per heavy atom. The van der Waals surface area contributed by atoms with Crippen LogP contribution in [0.4, 0.5) is 0 Å². The highest BCUT2D eigenvalue weighted by Gasteiger charge is 2.18. The average Bonchev–Trinajstić information content (AvgIpc) is 3.04. The first-order valence-electron chi connectivity index (χ1n) is 6.01. The molecule has 1 atom stereocenters. The van der Waals surface area contributed by atoms with Crippen molar-refractivity contribution in [1.29, 1.82) is 0 Å². The molecule has 1 amide bonds. The van der Waals surface area contributed by atoms with Gasteiger partial charge in [-0.3, -0.25) is 4.79 Å². The van der Waals surface area contributed by atoms with Gasteiger partial charge in [-0.2, -0.15) is 0 Å². The number of nitrogens with one attached hydrogen (secondary N) is 1. The molecule has 102 valence electrons. The standard InChI is InChI=1S/C13H15NO4S/c15-11(16)2-1-10-4-6-19-12(10)13(17)14-7-9-3-5-18-8-9/h1-2,4,6,9H,3,5,7-8H2,(H,14,17)(H,15,16)/b2-1+. The fourth-order valence-electron chi connectivity index (χ4n) is 1.86. The van der Waals surface area contributed by atoms with Crippen LogP contribution in [0.25, 0.3) is 6.08 Å². The fraction of sp³-hybridized carbons (Fsp3) is 0.385. The molecular weight excluding hydrogens is 266 g/mol. The van der Waals surface area contributed by atoms with Crippen molar-refractivity contribution in [3.05, 3.63) is 28.0 Å². The van der Waals surface area contributed by atoms with Gasteiger partial charge in [-0.1, -0.05) is 0 Å². The summed E-state index contributed by atoms with van der Waals surface area (Å²) >= 11 is 1.30. The van der Waals surface area contributed by atoms with Gasteiger partial charge in [0, 0.05) is 25.1 Å². The molecule has 1 unspecified atom stereocenters. The molecule has 2 N–H and O–H groups in total. The predicted molar refractivity (Wildman–Crippen MR) is 72.2 cm³/mol. The van der Waals surface area contributed by atoms with E-state index in [0.29, 0.717) is 29.5 Å². The topological polar surface area (TPSA) is 75.6 Å². The third-order valence-corrected chi connectivity index (χ3v) is 3.81. The molecule has 1 saturated heterocycles. The molecule has 2 rings (SSSR count). The van der Waals surface area contributed by atoms with E-state index in [4.69, 9.17) is 9.84 Å². The van der Waals surface area contributed by atoms with Crippen molar-refractivity contribution in [3.8, 4) is 0 Å². The number of hydrogen-bond acceptors (Lipinski definition) is 4. The van der Waals surface area contributed by atoms with Crippen LogP contribution in [0, 0.1) is 5.92 Å². The van der Waals surface area contributed by atoms with Crippen molar-refractivity contribution in [3.63, 3.8) is 0 Å². The number of amides is 1. The molecule has 2 heterocycles. The van der Waals surface area contributed by atoms with Crippen LogP contribution in [0.5, 0.6) is 0 Å². The first-order valence-corrected chi connectivity index (χ1v) is 6.89. The largest absolute Gasteiger partial charge is 0.478 e. The van der Waals surface area contributed by atoms with Gasteiger partial charge >= 0.3 is 5.97 Å². The summed E-state index contributed by atoms with van der Waals surface area (Å²) in [4.78, 5) is 23.0. The van der Waals surface area contributed by atoms with Crippen LogP contribution in [-0.4, -0.2) is 36.7 Å². The fourth-order valence-corrected chi connectivity index (χ4v) is 2.66. The molecule has 0 bridgehead atoms. The summed E-state index contributed by atoms with van der Waals surface area (Å²) in [6.45, 7) is 2.04. The lowest BCUT2D eigenvalue weighted by Gasteiger charge is -2.08.